The van der Waals surface area contributed by atoms with Gasteiger partial charge in [0.1, 0.15) is 11.6 Å². The van der Waals surface area contributed by atoms with Crippen LogP contribution in [0.15, 0.2) is 4.52 Å². The monoisotopic (exact) mass is 693 g/mol. The fourth-order valence-electron chi connectivity index (χ4n) is 5.86. The van der Waals surface area contributed by atoms with Gasteiger partial charge < -0.3 is 23.8 Å². The molecule has 2 saturated carbocycles. The third-order valence-electron chi connectivity index (χ3n) is 9.01. The highest BCUT2D eigenvalue weighted by Gasteiger charge is 2.37. The Morgan fingerprint density at radius 3 is 1.67 bits per heavy atom. The highest BCUT2D eigenvalue weighted by Crippen LogP contribution is 2.30. The molecular formula is C36H55NO12. The van der Waals surface area contributed by atoms with Crippen molar-refractivity contribution in [3.05, 3.63) is 17.0 Å². The summed E-state index contributed by atoms with van der Waals surface area (Å²) in [6.45, 7) is 11.8. The van der Waals surface area contributed by atoms with E-state index in [1.165, 1.54) is 6.42 Å². The number of Topliss-reactive ketones (excluding diaryl/α,β-unsaturated/α-hetero) is 3. The van der Waals surface area contributed by atoms with Crippen molar-refractivity contribution in [3.8, 4) is 0 Å². The first-order chi connectivity index (χ1) is 23.4. The average Bonchev–Trinajstić information content (AvgIpc) is 3.53. The number of carbonyl (C=O) groups is 7. The molecule has 3 atom stereocenters. The van der Waals surface area contributed by atoms with Crippen molar-refractivity contribution in [2.45, 2.75) is 125 Å². The van der Waals surface area contributed by atoms with Crippen molar-refractivity contribution < 1.29 is 57.4 Å². The van der Waals surface area contributed by atoms with Gasteiger partial charge in [0.15, 0.2) is 0 Å². The summed E-state index contributed by atoms with van der Waals surface area (Å²) in [5.41, 5.74) is 1.66. The Bertz CT molecular complexity index is 1230. The van der Waals surface area contributed by atoms with Crippen molar-refractivity contribution in [3.63, 3.8) is 0 Å². The van der Waals surface area contributed by atoms with Crippen molar-refractivity contribution in [2.75, 3.05) is 19.8 Å². The lowest BCUT2D eigenvalue weighted by Gasteiger charge is -2.25. The summed E-state index contributed by atoms with van der Waals surface area (Å²) in [5, 5.41) is 12.6. The third kappa shape index (κ3) is 15.0. The van der Waals surface area contributed by atoms with Gasteiger partial charge in [-0.05, 0) is 83.5 Å². The van der Waals surface area contributed by atoms with Crippen LogP contribution in [0.2, 0.25) is 0 Å². The lowest BCUT2D eigenvalue weighted by atomic mass is 9.77. The van der Waals surface area contributed by atoms with Crippen LogP contribution in [0.3, 0.4) is 0 Å². The van der Waals surface area contributed by atoms with Crippen molar-refractivity contribution in [1.82, 2.24) is 5.16 Å². The Morgan fingerprint density at radius 2 is 1.18 bits per heavy atom. The summed E-state index contributed by atoms with van der Waals surface area (Å²) in [4.78, 5) is 76.9. The normalized spacial score (nSPS) is 20.0. The maximum atomic E-state index is 11.7. The van der Waals surface area contributed by atoms with E-state index in [4.69, 9.17) is 9.63 Å². The second-order valence-electron chi connectivity index (χ2n) is 12.2. The zero-order valence-corrected chi connectivity index (χ0v) is 30.0. The largest absolute Gasteiger partial charge is 0.475 e. The molecule has 49 heavy (non-hydrogen) atoms. The molecule has 276 valence electrons. The van der Waals surface area contributed by atoms with Crippen molar-refractivity contribution in [1.29, 1.82) is 0 Å². The van der Waals surface area contributed by atoms with Crippen molar-refractivity contribution >= 4 is 41.2 Å². The van der Waals surface area contributed by atoms with Crippen LogP contribution in [0, 0.1) is 23.7 Å². The number of carboxylic acid groups (broad SMARTS) is 1. The lowest BCUT2D eigenvalue weighted by Crippen LogP contribution is -2.36. The number of hydrogen-bond donors (Lipinski definition) is 1. The molecule has 0 radical (unpaired) electrons. The molecule has 0 amide bonds. The number of esters is 3. The molecular weight excluding hydrogens is 638 g/mol. The number of aromatic carboxylic acids is 1. The van der Waals surface area contributed by atoms with Crippen LogP contribution >= 0.6 is 0 Å². The molecule has 1 N–H and O–H groups in total. The van der Waals surface area contributed by atoms with Crippen LogP contribution < -0.4 is 0 Å². The Balaban J connectivity index is 0.000000335. The smallest absolute Gasteiger partial charge is 0.417 e. The SMILES string of the molecule is CCC1CCC(=O)CC1.CCC1CCc2noc(C(=O)O)c2C1.CCOC(=O)C(=O)C1CC(CC)CCC1=O.CCOC(=O)C(=O)OCC. The minimum Gasteiger partial charge on any atom is -0.475 e. The maximum absolute atomic E-state index is 11.7. The molecule has 1 aromatic rings. The molecule has 2 fully saturated rings. The Morgan fingerprint density at radius 1 is 0.694 bits per heavy atom. The molecule has 3 unspecified atom stereocenters. The molecule has 1 heterocycles. The second-order valence-corrected chi connectivity index (χ2v) is 12.2. The van der Waals surface area contributed by atoms with E-state index in [1.54, 1.807) is 20.8 Å². The quantitative estimate of drug-likeness (QED) is 0.144. The van der Waals surface area contributed by atoms with Gasteiger partial charge in [-0.1, -0.05) is 45.2 Å². The summed E-state index contributed by atoms with van der Waals surface area (Å²) in [6, 6.07) is 0. The standard InChI is InChI=1S/C12H18O4.C10H13NO3.C8H14O.C6H10O4/c1-3-8-5-6-10(13)9(7-8)11(14)12(15)16-4-2;1-2-6-3-4-8-7(5-6)9(10(12)13)14-11-8;1-2-7-3-5-8(9)6-4-7;1-3-9-5(7)6(8)10-4-2/h8-9H,3-7H2,1-2H3;6H,2-5H2,1H3,(H,12,13);7H,2-6H2,1H3;3-4H2,1-2H3. The number of fused-ring (bicyclic) bond motifs is 1. The molecule has 3 aliphatic rings. The van der Waals surface area contributed by atoms with E-state index < -0.39 is 35.6 Å². The van der Waals surface area contributed by atoms with Crippen LogP contribution in [0.25, 0.3) is 0 Å². The summed E-state index contributed by atoms with van der Waals surface area (Å²) in [5.74, 6) is -2.92. The number of ether oxygens (including phenoxy) is 3. The Labute approximate surface area is 289 Å². The van der Waals surface area contributed by atoms with Crippen LogP contribution in [0.1, 0.15) is 134 Å². The number of nitrogens with zero attached hydrogens (tertiary/aromatic N) is 1. The Hall–Kier alpha value is -3.90. The highest BCUT2D eigenvalue weighted by atomic mass is 16.6. The lowest BCUT2D eigenvalue weighted by molar-refractivity contribution is -0.167. The second kappa shape index (κ2) is 23.5. The first-order valence-corrected chi connectivity index (χ1v) is 17.7. The third-order valence-corrected chi connectivity index (χ3v) is 9.01. The van der Waals surface area contributed by atoms with E-state index in [1.807, 2.05) is 6.92 Å². The molecule has 0 saturated heterocycles. The van der Waals surface area contributed by atoms with Crippen LogP contribution in [0.5, 0.6) is 0 Å². The van der Waals surface area contributed by atoms with Crippen LogP contribution in [0.4, 0.5) is 0 Å². The number of ketones is 3. The molecule has 13 heteroatoms. The zero-order valence-electron chi connectivity index (χ0n) is 30.0. The fourth-order valence-corrected chi connectivity index (χ4v) is 5.86. The van der Waals surface area contributed by atoms with Gasteiger partial charge in [-0.15, -0.1) is 0 Å². The zero-order chi connectivity index (χ0) is 36.9. The van der Waals surface area contributed by atoms with Gasteiger partial charge in [0.2, 0.25) is 11.5 Å². The molecule has 4 rings (SSSR count). The predicted octanol–water partition coefficient (Wildman–Crippen LogP) is 5.67. The van der Waals surface area contributed by atoms with Crippen LogP contribution in [-0.2, 0) is 55.8 Å². The molecule has 1 aromatic heterocycles. The molecule has 13 nitrogen and oxygen atoms in total. The summed E-state index contributed by atoms with van der Waals surface area (Å²) >= 11 is 0. The molecule has 0 aromatic carbocycles. The Kier molecular flexibility index (Phi) is 20.6. The van der Waals surface area contributed by atoms with Crippen LogP contribution in [-0.4, -0.2) is 71.3 Å². The minimum absolute atomic E-state index is 0.0400. The fraction of sp³-hybridized carbons (Fsp3) is 0.722. The number of rotatable bonds is 9. The van der Waals surface area contributed by atoms with Gasteiger partial charge in [0.05, 0.1) is 31.4 Å². The molecule has 3 aliphatic carbocycles. The topological polar surface area (TPSA) is 193 Å². The molecule has 0 bridgehead atoms. The number of aromatic nitrogens is 1. The minimum atomic E-state index is -1.00. The van der Waals surface area contributed by atoms with E-state index in [0.29, 0.717) is 30.5 Å². The summed E-state index contributed by atoms with van der Waals surface area (Å²) in [7, 11) is 0. The first kappa shape index (κ1) is 43.1. The summed E-state index contributed by atoms with van der Waals surface area (Å²) in [6.07, 6.45) is 11.8. The first-order valence-electron chi connectivity index (χ1n) is 17.7. The van der Waals surface area contributed by atoms with Gasteiger partial charge in [0, 0.05) is 24.8 Å². The van der Waals surface area contributed by atoms with Gasteiger partial charge >= 0.3 is 23.9 Å². The van der Waals surface area contributed by atoms with Gasteiger partial charge in [-0.2, -0.15) is 0 Å². The van der Waals surface area contributed by atoms with E-state index in [0.717, 1.165) is 81.4 Å². The predicted molar refractivity (Wildman–Crippen MR) is 178 cm³/mol. The van der Waals surface area contributed by atoms with E-state index >= 15 is 0 Å². The van der Waals surface area contributed by atoms with E-state index in [-0.39, 0.29) is 31.4 Å². The average molecular weight is 694 g/mol. The molecule has 0 aliphatic heterocycles. The van der Waals surface area contributed by atoms with Gasteiger partial charge in [-0.3, -0.25) is 14.4 Å². The summed E-state index contributed by atoms with van der Waals surface area (Å²) < 4.78 is 18.1. The number of carbonyl (C=O) groups excluding carboxylic acids is 6. The van der Waals surface area contributed by atoms with Gasteiger partial charge in [0.25, 0.3) is 0 Å². The van der Waals surface area contributed by atoms with E-state index in [2.05, 4.69) is 33.2 Å². The van der Waals surface area contributed by atoms with Gasteiger partial charge in [-0.25, -0.2) is 19.2 Å². The highest BCUT2D eigenvalue weighted by molar-refractivity contribution is 6.38. The maximum Gasteiger partial charge on any atom is 0.417 e. The number of carboxylic acids is 1. The number of hydrogen-bond acceptors (Lipinski definition) is 12. The van der Waals surface area contributed by atoms with Crippen molar-refractivity contribution in [2.24, 2.45) is 23.7 Å². The van der Waals surface area contributed by atoms with E-state index in [9.17, 15) is 33.6 Å². The number of aryl methyl sites for hydroxylation is 1. The molecule has 0 spiro atoms.